The molecule has 0 fully saturated rings. The maximum absolute atomic E-state index is 6.02. The Balaban J connectivity index is 1.61. The molecular formula is C18H14ClN5O. The van der Waals surface area contributed by atoms with Gasteiger partial charge in [-0.2, -0.15) is 4.98 Å². The molecule has 7 heteroatoms. The third-order valence-corrected chi connectivity index (χ3v) is 4.04. The number of hydrogen-bond donors (Lipinski definition) is 1. The molecule has 1 unspecified atom stereocenters. The molecule has 2 aromatic carbocycles. The Hall–Kier alpha value is -2.99. The zero-order valence-corrected chi connectivity index (χ0v) is 14.1. The molecule has 25 heavy (non-hydrogen) atoms. The van der Waals surface area contributed by atoms with Crippen LogP contribution in [-0.2, 0) is 0 Å². The topological polar surface area (TPSA) is 76.7 Å². The lowest BCUT2D eigenvalue weighted by Gasteiger charge is -2.12. The van der Waals surface area contributed by atoms with Crippen LogP contribution in [0.3, 0.4) is 0 Å². The van der Waals surface area contributed by atoms with Crippen molar-refractivity contribution < 1.29 is 4.52 Å². The summed E-state index contributed by atoms with van der Waals surface area (Å²) in [6, 6.07) is 15.0. The summed E-state index contributed by atoms with van der Waals surface area (Å²) in [5.74, 6) is 1.74. The molecule has 1 N–H and O–H groups in total. The van der Waals surface area contributed by atoms with Gasteiger partial charge in [0.2, 0.25) is 0 Å². The number of nitrogens with zero attached hydrogens (tertiary/aromatic N) is 4. The Labute approximate surface area is 148 Å². The van der Waals surface area contributed by atoms with Crippen LogP contribution in [0.5, 0.6) is 0 Å². The van der Waals surface area contributed by atoms with Gasteiger partial charge in [-0.05, 0) is 37.3 Å². The second kappa shape index (κ2) is 6.49. The third-order valence-electron chi connectivity index (χ3n) is 3.80. The lowest BCUT2D eigenvalue weighted by Crippen LogP contribution is -2.10. The van der Waals surface area contributed by atoms with Gasteiger partial charge in [0.05, 0.1) is 11.6 Å². The summed E-state index contributed by atoms with van der Waals surface area (Å²) in [6.07, 6.45) is 1.50. The maximum atomic E-state index is 6.02. The second-order valence-electron chi connectivity index (χ2n) is 5.57. The first-order valence-corrected chi connectivity index (χ1v) is 8.14. The lowest BCUT2D eigenvalue weighted by atomic mass is 10.2. The summed E-state index contributed by atoms with van der Waals surface area (Å²) < 4.78 is 5.36. The minimum atomic E-state index is -0.185. The molecule has 4 rings (SSSR count). The fraction of sp³-hybridized carbons (Fsp3) is 0.111. The molecule has 6 nitrogen and oxygen atoms in total. The fourth-order valence-corrected chi connectivity index (χ4v) is 2.69. The van der Waals surface area contributed by atoms with Gasteiger partial charge in [0.1, 0.15) is 12.1 Å². The van der Waals surface area contributed by atoms with Crippen LogP contribution in [0.2, 0.25) is 5.02 Å². The van der Waals surface area contributed by atoms with Crippen LogP contribution in [0.4, 0.5) is 5.82 Å². The van der Waals surface area contributed by atoms with E-state index >= 15 is 0 Å². The predicted octanol–water partition coefficient (Wildman–Crippen LogP) is 4.51. The van der Waals surface area contributed by atoms with Crippen molar-refractivity contribution in [3.63, 3.8) is 0 Å². The molecule has 4 aromatic rings. The highest BCUT2D eigenvalue weighted by atomic mass is 35.5. The van der Waals surface area contributed by atoms with Crippen molar-refractivity contribution in [2.24, 2.45) is 0 Å². The van der Waals surface area contributed by atoms with Crippen molar-refractivity contribution >= 4 is 28.3 Å². The maximum Gasteiger partial charge on any atom is 0.257 e. The van der Waals surface area contributed by atoms with Gasteiger partial charge in [0.15, 0.2) is 5.82 Å². The molecule has 0 saturated heterocycles. The van der Waals surface area contributed by atoms with Crippen LogP contribution in [-0.4, -0.2) is 20.1 Å². The first-order chi connectivity index (χ1) is 12.2. The Morgan fingerprint density at radius 1 is 1.08 bits per heavy atom. The molecule has 0 aliphatic carbocycles. The molecule has 1 atom stereocenters. The van der Waals surface area contributed by atoms with Crippen LogP contribution < -0.4 is 5.32 Å². The third kappa shape index (κ3) is 3.16. The number of anilines is 1. The number of nitrogens with one attached hydrogen (secondary N) is 1. The number of rotatable bonds is 4. The predicted molar refractivity (Wildman–Crippen MR) is 96.3 cm³/mol. The van der Waals surface area contributed by atoms with E-state index in [0.717, 1.165) is 16.5 Å². The number of benzene rings is 2. The van der Waals surface area contributed by atoms with Crippen molar-refractivity contribution in [2.45, 2.75) is 13.0 Å². The number of aromatic nitrogens is 4. The van der Waals surface area contributed by atoms with E-state index in [1.807, 2.05) is 49.4 Å². The number of hydrogen-bond acceptors (Lipinski definition) is 6. The number of fused-ring (bicyclic) bond motifs is 1. The van der Waals surface area contributed by atoms with E-state index in [1.165, 1.54) is 6.33 Å². The van der Waals surface area contributed by atoms with Gasteiger partial charge < -0.3 is 9.84 Å². The van der Waals surface area contributed by atoms with Crippen molar-refractivity contribution in [2.75, 3.05) is 5.32 Å². The van der Waals surface area contributed by atoms with Crippen LogP contribution in [0.25, 0.3) is 22.4 Å². The summed E-state index contributed by atoms with van der Waals surface area (Å²) in [5, 5.41) is 8.89. The summed E-state index contributed by atoms with van der Waals surface area (Å²) in [4.78, 5) is 13.0. The molecule has 0 radical (unpaired) electrons. The highest BCUT2D eigenvalue weighted by molar-refractivity contribution is 6.31. The van der Waals surface area contributed by atoms with Crippen LogP contribution in [0.15, 0.2) is 59.4 Å². The standard InChI is InChI=1S/C18H14ClN5O/c1-11(16-23-18(25-24-16)12-5-3-2-4-6-12)22-17-14-8-7-13(19)9-15(14)20-10-21-17/h2-11H,1H3,(H,20,21,22). The SMILES string of the molecule is CC(Nc1ncnc2cc(Cl)ccc12)c1noc(-c2ccccc2)n1. The van der Waals surface area contributed by atoms with Crippen molar-refractivity contribution in [1.29, 1.82) is 0 Å². The summed E-state index contributed by atoms with van der Waals surface area (Å²) >= 11 is 6.02. The van der Waals surface area contributed by atoms with Crippen LogP contribution >= 0.6 is 11.6 Å². The molecule has 0 spiro atoms. The van der Waals surface area contributed by atoms with Crippen molar-refractivity contribution in [1.82, 2.24) is 20.1 Å². The molecule has 0 amide bonds. The summed E-state index contributed by atoms with van der Waals surface area (Å²) in [7, 11) is 0. The van der Waals surface area contributed by atoms with Gasteiger partial charge >= 0.3 is 0 Å². The van der Waals surface area contributed by atoms with Gasteiger partial charge in [-0.1, -0.05) is 35.0 Å². The van der Waals surface area contributed by atoms with E-state index in [2.05, 4.69) is 25.4 Å². The Kier molecular flexibility index (Phi) is 4.03. The summed E-state index contributed by atoms with van der Waals surface area (Å²) in [5.41, 5.74) is 1.66. The smallest absolute Gasteiger partial charge is 0.257 e. The molecule has 124 valence electrons. The van der Waals surface area contributed by atoms with Gasteiger partial charge in [0.25, 0.3) is 5.89 Å². The molecule has 0 bridgehead atoms. The molecule has 2 heterocycles. The zero-order chi connectivity index (χ0) is 17.2. The van der Waals surface area contributed by atoms with Gasteiger partial charge in [-0.3, -0.25) is 0 Å². The average molecular weight is 352 g/mol. The molecule has 2 aromatic heterocycles. The van der Waals surface area contributed by atoms with E-state index in [1.54, 1.807) is 6.07 Å². The normalized spacial score (nSPS) is 12.2. The second-order valence-corrected chi connectivity index (χ2v) is 6.01. The first-order valence-electron chi connectivity index (χ1n) is 7.76. The molecule has 0 aliphatic heterocycles. The Morgan fingerprint density at radius 2 is 1.92 bits per heavy atom. The highest BCUT2D eigenvalue weighted by Gasteiger charge is 2.16. The number of halogens is 1. The van der Waals surface area contributed by atoms with E-state index in [9.17, 15) is 0 Å². The first kappa shape index (κ1) is 15.5. The van der Waals surface area contributed by atoms with Gasteiger partial charge in [0, 0.05) is 16.0 Å². The quantitative estimate of drug-likeness (QED) is 0.583. The van der Waals surface area contributed by atoms with E-state index in [4.69, 9.17) is 16.1 Å². The molecule has 0 aliphatic rings. The largest absolute Gasteiger partial charge is 0.360 e. The average Bonchev–Trinajstić information content (AvgIpc) is 3.13. The van der Waals surface area contributed by atoms with E-state index < -0.39 is 0 Å². The van der Waals surface area contributed by atoms with Crippen LogP contribution in [0.1, 0.15) is 18.8 Å². The van der Waals surface area contributed by atoms with Crippen LogP contribution in [0, 0.1) is 0 Å². The summed E-state index contributed by atoms with van der Waals surface area (Å²) in [6.45, 7) is 1.95. The lowest BCUT2D eigenvalue weighted by molar-refractivity contribution is 0.420. The monoisotopic (exact) mass is 351 g/mol. The Morgan fingerprint density at radius 3 is 2.76 bits per heavy atom. The zero-order valence-electron chi connectivity index (χ0n) is 13.3. The van der Waals surface area contributed by atoms with Gasteiger partial charge in [-0.25, -0.2) is 9.97 Å². The minimum Gasteiger partial charge on any atom is -0.360 e. The molecular weight excluding hydrogens is 338 g/mol. The molecule has 0 saturated carbocycles. The highest BCUT2D eigenvalue weighted by Crippen LogP contribution is 2.26. The van der Waals surface area contributed by atoms with E-state index in [-0.39, 0.29) is 6.04 Å². The Bertz CT molecular complexity index is 1020. The van der Waals surface area contributed by atoms with Crippen molar-refractivity contribution in [3.05, 3.63) is 65.7 Å². The van der Waals surface area contributed by atoms with E-state index in [0.29, 0.717) is 22.6 Å². The minimum absolute atomic E-state index is 0.185. The van der Waals surface area contributed by atoms with Gasteiger partial charge in [-0.15, -0.1) is 0 Å². The van der Waals surface area contributed by atoms with Crippen molar-refractivity contribution in [3.8, 4) is 11.5 Å². The fourth-order valence-electron chi connectivity index (χ4n) is 2.52.